The van der Waals surface area contributed by atoms with Gasteiger partial charge in [0.25, 0.3) is 6.43 Å². The molecule has 0 heterocycles. The monoisotopic (exact) mass is 368 g/mol. The van der Waals surface area contributed by atoms with Crippen molar-refractivity contribution in [1.29, 1.82) is 0 Å². The summed E-state index contributed by atoms with van der Waals surface area (Å²) >= 11 is 3.05. The average Bonchev–Trinajstić information content (AvgIpc) is 2.28. The molecule has 1 rings (SSSR count). The van der Waals surface area contributed by atoms with Crippen molar-refractivity contribution >= 4 is 24.2 Å². The standard InChI is InChI=1S/C14H20BrF3OSi/c1-14(2,3)20(4,5)19-8-9-6-11(15)10(13(17)18)7-12(9)16/h6-7,13H,8H2,1-5H3. The SMILES string of the molecule is CC(C)(C)[Si](C)(C)OCc1cc(Br)c(C(F)F)cc1F. The lowest BCUT2D eigenvalue weighted by Crippen LogP contribution is -2.40. The maximum Gasteiger partial charge on any atom is 0.265 e. The van der Waals surface area contributed by atoms with E-state index in [1.54, 1.807) is 0 Å². The molecule has 0 bridgehead atoms. The third-order valence-electron chi connectivity index (χ3n) is 3.80. The second-order valence-corrected chi connectivity index (χ2v) is 12.0. The normalized spacial score (nSPS) is 13.1. The Morgan fingerprint density at radius 1 is 1.25 bits per heavy atom. The van der Waals surface area contributed by atoms with Gasteiger partial charge in [0, 0.05) is 15.6 Å². The molecule has 1 aromatic carbocycles. The predicted octanol–water partition coefficient (Wildman–Crippen LogP) is 6.05. The Morgan fingerprint density at radius 3 is 2.25 bits per heavy atom. The smallest absolute Gasteiger partial charge is 0.265 e. The van der Waals surface area contributed by atoms with Crippen LogP contribution < -0.4 is 0 Å². The molecule has 0 aromatic heterocycles. The topological polar surface area (TPSA) is 9.23 Å². The largest absolute Gasteiger partial charge is 0.412 e. The van der Waals surface area contributed by atoms with Gasteiger partial charge in [-0.25, -0.2) is 13.2 Å². The lowest BCUT2D eigenvalue weighted by molar-refractivity contribution is 0.150. The number of alkyl halides is 2. The van der Waals surface area contributed by atoms with Crippen molar-refractivity contribution in [2.75, 3.05) is 0 Å². The minimum Gasteiger partial charge on any atom is -0.412 e. The van der Waals surface area contributed by atoms with Crippen molar-refractivity contribution in [3.8, 4) is 0 Å². The molecule has 0 aliphatic rings. The van der Waals surface area contributed by atoms with Gasteiger partial charge in [-0.1, -0.05) is 36.7 Å². The van der Waals surface area contributed by atoms with Crippen LogP contribution in [0.5, 0.6) is 0 Å². The fraction of sp³-hybridized carbons (Fsp3) is 0.571. The van der Waals surface area contributed by atoms with Crippen LogP contribution in [0.3, 0.4) is 0 Å². The molecule has 0 aliphatic carbocycles. The highest BCUT2D eigenvalue weighted by Gasteiger charge is 2.37. The minimum absolute atomic E-state index is 0.0175. The summed E-state index contributed by atoms with van der Waals surface area (Å²) in [6, 6.07) is 2.25. The molecule has 0 saturated carbocycles. The lowest BCUT2D eigenvalue weighted by Gasteiger charge is -2.36. The van der Waals surface area contributed by atoms with Gasteiger partial charge in [0.15, 0.2) is 8.32 Å². The Balaban J connectivity index is 2.93. The lowest BCUT2D eigenvalue weighted by atomic mass is 10.1. The summed E-state index contributed by atoms with van der Waals surface area (Å²) in [6.45, 7) is 10.5. The zero-order chi connectivity index (χ0) is 15.7. The second-order valence-electron chi connectivity index (χ2n) is 6.31. The average molecular weight is 369 g/mol. The van der Waals surface area contributed by atoms with Crippen molar-refractivity contribution in [3.05, 3.63) is 33.5 Å². The van der Waals surface area contributed by atoms with Crippen LogP contribution in [0.4, 0.5) is 13.2 Å². The van der Waals surface area contributed by atoms with Crippen LogP contribution in [0.15, 0.2) is 16.6 Å². The van der Waals surface area contributed by atoms with Crippen molar-refractivity contribution < 1.29 is 17.6 Å². The minimum atomic E-state index is -2.70. The molecule has 0 N–H and O–H groups in total. The molecule has 0 radical (unpaired) electrons. The maximum atomic E-state index is 13.8. The van der Waals surface area contributed by atoms with Gasteiger partial charge in [0.1, 0.15) is 5.82 Å². The van der Waals surface area contributed by atoms with Gasteiger partial charge in [0.2, 0.25) is 0 Å². The zero-order valence-electron chi connectivity index (χ0n) is 12.4. The Morgan fingerprint density at radius 2 is 1.80 bits per heavy atom. The summed E-state index contributed by atoms with van der Waals surface area (Å²) in [4.78, 5) is 0. The first-order chi connectivity index (χ1) is 8.95. The molecule has 20 heavy (non-hydrogen) atoms. The summed E-state index contributed by atoms with van der Waals surface area (Å²) < 4.78 is 45.3. The van der Waals surface area contributed by atoms with E-state index in [1.165, 1.54) is 6.07 Å². The quantitative estimate of drug-likeness (QED) is 0.587. The molecule has 0 spiro atoms. The highest BCUT2D eigenvalue weighted by atomic mass is 79.9. The molecule has 1 aromatic rings. The zero-order valence-corrected chi connectivity index (χ0v) is 14.9. The van der Waals surface area contributed by atoms with Crippen LogP contribution in [0.2, 0.25) is 18.1 Å². The molecule has 0 unspecified atom stereocenters. The van der Waals surface area contributed by atoms with Crippen LogP contribution in [0.25, 0.3) is 0 Å². The Labute approximate surface area is 127 Å². The number of hydrogen-bond acceptors (Lipinski definition) is 1. The number of halogens is 4. The van der Waals surface area contributed by atoms with E-state index in [-0.39, 0.29) is 21.7 Å². The van der Waals surface area contributed by atoms with Gasteiger partial charge in [-0.05, 0) is 30.3 Å². The first kappa shape index (κ1) is 17.7. The first-order valence-corrected chi connectivity index (χ1v) is 10.1. The highest BCUT2D eigenvalue weighted by molar-refractivity contribution is 9.10. The molecule has 0 amide bonds. The van der Waals surface area contributed by atoms with Crippen LogP contribution >= 0.6 is 15.9 Å². The van der Waals surface area contributed by atoms with Crippen LogP contribution in [0, 0.1) is 5.82 Å². The van der Waals surface area contributed by atoms with E-state index in [0.717, 1.165) is 6.07 Å². The van der Waals surface area contributed by atoms with Gasteiger partial charge < -0.3 is 4.43 Å². The van der Waals surface area contributed by atoms with E-state index >= 15 is 0 Å². The fourth-order valence-corrected chi connectivity index (χ4v) is 2.87. The van der Waals surface area contributed by atoms with Gasteiger partial charge in [-0.3, -0.25) is 0 Å². The molecule has 6 heteroatoms. The summed E-state index contributed by atoms with van der Waals surface area (Å²) in [6.07, 6.45) is -2.70. The van der Waals surface area contributed by atoms with Gasteiger partial charge in [-0.2, -0.15) is 0 Å². The molecule has 1 nitrogen and oxygen atoms in total. The van der Waals surface area contributed by atoms with E-state index in [0.29, 0.717) is 5.56 Å². The third-order valence-corrected chi connectivity index (χ3v) is 8.96. The second kappa shape index (κ2) is 6.20. The molecule has 114 valence electrons. The van der Waals surface area contributed by atoms with Crippen LogP contribution in [-0.2, 0) is 11.0 Å². The Bertz CT molecular complexity index is 484. The molecule has 0 aliphatic heterocycles. The van der Waals surface area contributed by atoms with E-state index in [4.69, 9.17) is 4.43 Å². The van der Waals surface area contributed by atoms with Gasteiger partial charge in [0.05, 0.1) is 6.61 Å². The highest BCUT2D eigenvalue weighted by Crippen LogP contribution is 2.37. The van der Waals surface area contributed by atoms with E-state index in [9.17, 15) is 13.2 Å². The van der Waals surface area contributed by atoms with Crippen molar-refractivity contribution in [2.45, 2.75) is 51.9 Å². The predicted molar refractivity (Wildman–Crippen MR) is 81.0 cm³/mol. The van der Waals surface area contributed by atoms with Crippen molar-refractivity contribution in [2.24, 2.45) is 0 Å². The molecule has 0 atom stereocenters. The molecular weight excluding hydrogens is 349 g/mol. The van der Waals surface area contributed by atoms with Gasteiger partial charge in [-0.15, -0.1) is 0 Å². The Kier molecular flexibility index (Phi) is 5.49. The fourth-order valence-electron chi connectivity index (χ4n) is 1.36. The molecule has 0 fully saturated rings. The summed E-state index contributed by atoms with van der Waals surface area (Å²) in [7, 11) is -1.99. The third kappa shape index (κ3) is 4.08. The first-order valence-electron chi connectivity index (χ1n) is 6.35. The number of rotatable bonds is 4. The van der Waals surface area contributed by atoms with Gasteiger partial charge >= 0.3 is 0 Å². The van der Waals surface area contributed by atoms with E-state index < -0.39 is 20.6 Å². The van der Waals surface area contributed by atoms with Crippen molar-refractivity contribution in [3.63, 3.8) is 0 Å². The summed E-state index contributed by atoms with van der Waals surface area (Å²) in [5.74, 6) is -0.651. The van der Waals surface area contributed by atoms with Crippen LogP contribution in [-0.4, -0.2) is 8.32 Å². The van der Waals surface area contributed by atoms with E-state index in [2.05, 4.69) is 49.8 Å². The number of benzene rings is 1. The van der Waals surface area contributed by atoms with E-state index in [1.807, 2.05) is 0 Å². The number of hydrogen-bond donors (Lipinski definition) is 0. The van der Waals surface area contributed by atoms with Crippen LogP contribution in [0.1, 0.15) is 38.3 Å². The summed E-state index contributed by atoms with van der Waals surface area (Å²) in [5.41, 5.74) is -0.0373. The molecule has 0 saturated heterocycles. The van der Waals surface area contributed by atoms with Crippen molar-refractivity contribution in [1.82, 2.24) is 0 Å². The maximum absolute atomic E-state index is 13.8. The summed E-state index contributed by atoms with van der Waals surface area (Å²) in [5, 5.41) is 0.0175. The molecular formula is C14H20BrF3OSi. The Hall–Kier alpha value is -0.333.